The summed E-state index contributed by atoms with van der Waals surface area (Å²) in [6.45, 7) is 1.96. The van der Waals surface area contributed by atoms with Gasteiger partial charge in [0.2, 0.25) is 5.91 Å². The van der Waals surface area contributed by atoms with Crippen LogP contribution in [0.15, 0.2) is 46.3 Å². The number of thioether (sulfide) groups is 1. The van der Waals surface area contributed by atoms with E-state index in [1.54, 1.807) is 12.1 Å². The van der Waals surface area contributed by atoms with E-state index >= 15 is 0 Å². The molecule has 9 heteroatoms. The lowest BCUT2D eigenvalue weighted by Crippen LogP contribution is -2.15. The van der Waals surface area contributed by atoms with Gasteiger partial charge in [0.05, 0.1) is 15.6 Å². The Labute approximate surface area is 149 Å². The summed E-state index contributed by atoms with van der Waals surface area (Å²) in [5.74, 6) is 0.0389. The normalized spacial score (nSPS) is 17.6. The van der Waals surface area contributed by atoms with Crippen LogP contribution in [-0.2, 0) is 14.8 Å². The van der Waals surface area contributed by atoms with Gasteiger partial charge in [-0.15, -0.1) is 11.8 Å². The van der Waals surface area contributed by atoms with E-state index in [1.807, 2.05) is 6.92 Å². The first-order valence-electron chi connectivity index (χ1n) is 7.08. The lowest BCUT2D eigenvalue weighted by Gasteiger charge is -2.11. The number of sulfonamides is 1. The maximum Gasteiger partial charge on any atom is 0.263 e. The standard InChI is InChI=1S/C15H14ClN3O3S2/c1-9-6-15(20)18-12-7-11(3-4-13(12)23-9)24(21,22)19-14-5-2-10(16)8-17-14/h2-5,7-9H,6H2,1H3,(H,17,19)(H,18,20)/t9-/m0/s1. The third-order valence-electron chi connectivity index (χ3n) is 3.30. The largest absolute Gasteiger partial charge is 0.325 e. The quantitative estimate of drug-likeness (QED) is 0.848. The molecule has 1 aliphatic heterocycles. The molecule has 1 amide bonds. The topological polar surface area (TPSA) is 88.2 Å². The molecule has 1 aliphatic rings. The first kappa shape index (κ1) is 17.1. The molecule has 1 aromatic carbocycles. The van der Waals surface area contributed by atoms with Gasteiger partial charge in [0.1, 0.15) is 5.82 Å². The number of hydrogen-bond donors (Lipinski definition) is 2. The summed E-state index contributed by atoms with van der Waals surface area (Å²) >= 11 is 7.27. The molecule has 1 aromatic heterocycles. The van der Waals surface area contributed by atoms with Gasteiger partial charge in [0.25, 0.3) is 10.0 Å². The van der Waals surface area contributed by atoms with E-state index in [1.165, 1.54) is 36.2 Å². The summed E-state index contributed by atoms with van der Waals surface area (Å²) in [5, 5.41) is 3.30. The minimum absolute atomic E-state index is 0.0495. The highest BCUT2D eigenvalue weighted by Gasteiger charge is 2.22. The first-order chi connectivity index (χ1) is 11.3. The Morgan fingerprint density at radius 2 is 2.12 bits per heavy atom. The maximum atomic E-state index is 12.5. The van der Waals surface area contributed by atoms with Crippen molar-refractivity contribution in [2.45, 2.75) is 28.4 Å². The van der Waals surface area contributed by atoms with E-state index in [0.29, 0.717) is 17.1 Å². The molecule has 24 heavy (non-hydrogen) atoms. The highest BCUT2D eigenvalue weighted by molar-refractivity contribution is 8.00. The second-order valence-corrected chi connectivity index (χ2v) is 8.90. The van der Waals surface area contributed by atoms with Crippen LogP contribution in [0.1, 0.15) is 13.3 Å². The molecular formula is C15H14ClN3O3S2. The van der Waals surface area contributed by atoms with Crippen LogP contribution in [-0.4, -0.2) is 24.6 Å². The number of pyridine rings is 1. The fourth-order valence-corrected chi connectivity index (χ4v) is 4.43. The third-order valence-corrected chi connectivity index (χ3v) is 6.06. The summed E-state index contributed by atoms with van der Waals surface area (Å²) in [7, 11) is -3.82. The van der Waals surface area contributed by atoms with E-state index in [9.17, 15) is 13.2 Å². The predicted octanol–water partition coefficient (Wildman–Crippen LogP) is 3.36. The lowest BCUT2D eigenvalue weighted by atomic mass is 10.3. The van der Waals surface area contributed by atoms with Crippen LogP contribution in [0.4, 0.5) is 11.5 Å². The summed E-state index contributed by atoms with van der Waals surface area (Å²) in [5.41, 5.74) is 0.501. The predicted molar refractivity (Wildman–Crippen MR) is 95.1 cm³/mol. The van der Waals surface area contributed by atoms with Crippen LogP contribution < -0.4 is 10.0 Å². The summed E-state index contributed by atoms with van der Waals surface area (Å²) < 4.78 is 27.4. The molecule has 0 saturated heterocycles. The fraction of sp³-hybridized carbons (Fsp3) is 0.200. The zero-order valence-corrected chi connectivity index (χ0v) is 15.0. The minimum atomic E-state index is -3.82. The monoisotopic (exact) mass is 383 g/mol. The highest BCUT2D eigenvalue weighted by Crippen LogP contribution is 2.36. The van der Waals surface area contributed by atoms with Crippen molar-refractivity contribution >= 4 is 50.8 Å². The van der Waals surface area contributed by atoms with E-state index in [4.69, 9.17) is 11.6 Å². The Morgan fingerprint density at radius 1 is 1.33 bits per heavy atom. The molecule has 0 fully saturated rings. The van der Waals surface area contributed by atoms with E-state index in [0.717, 1.165) is 4.90 Å². The molecule has 0 radical (unpaired) electrons. The van der Waals surface area contributed by atoms with Crippen molar-refractivity contribution in [1.29, 1.82) is 0 Å². The Balaban J connectivity index is 1.91. The average Bonchev–Trinajstić information content (AvgIpc) is 2.64. The van der Waals surface area contributed by atoms with Gasteiger partial charge in [-0.25, -0.2) is 13.4 Å². The number of carbonyl (C=O) groups is 1. The van der Waals surface area contributed by atoms with Gasteiger partial charge in [0, 0.05) is 22.8 Å². The smallest absolute Gasteiger partial charge is 0.263 e. The van der Waals surface area contributed by atoms with Gasteiger partial charge >= 0.3 is 0 Å². The number of amides is 1. The Morgan fingerprint density at radius 3 is 2.83 bits per heavy atom. The average molecular weight is 384 g/mol. The van der Waals surface area contributed by atoms with Gasteiger partial charge in [-0.1, -0.05) is 18.5 Å². The molecule has 126 valence electrons. The summed E-state index contributed by atoms with van der Waals surface area (Å²) in [6, 6.07) is 7.68. The molecule has 2 aromatic rings. The second kappa shape index (κ2) is 6.62. The van der Waals surface area contributed by atoms with E-state index in [2.05, 4.69) is 15.0 Å². The molecule has 2 heterocycles. The van der Waals surface area contributed by atoms with Crippen molar-refractivity contribution < 1.29 is 13.2 Å². The van der Waals surface area contributed by atoms with Crippen molar-refractivity contribution in [3.05, 3.63) is 41.6 Å². The van der Waals surface area contributed by atoms with Gasteiger partial charge < -0.3 is 5.32 Å². The summed E-state index contributed by atoms with van der Waals surface area (Å²) in [6.07, 6.45) is 1.74. The Bertz CT molecular complexity index is 885. The van der Waals surface area contributed by atoms with Crippen LogP contribution in [0.25, 0.3) is 0 Å². The number of halogens is 1. The number of hydrogen-bond acceptors (Lipinski definition) is 5. The lowest BCUT2D eigenvalue weighted by molar-refractivity contribution is -0.116. The first-order valence-corrected chi connectivity index (χ1v) is 9.82. The Hall–Kier alpha value is -1.77. The zero-order chi connectivity index (χ0) is 17.3. The fourth-order valence-electron chi connectivity index (χ4n) is 2.23. The number of nitrogens with zero attached hydrogens (tertiary/aromatic N) is 1. The molecular weight excluding hydrogens is 370 g/mol. The number of nitrogens with one attached hydrogen (secondary N) is 2. The SMILES string of the molecule is C[C@H]1CC(=O)Nc2cc(S(=O)(=O)Nc3ccc(Cl)cn3)ccc2S1. The number of carbonyl (C=O) groups excluding carboxylic acids is 1. The number of anilines is 2. The van der Waals surface area contributed by atoms with Crippen molar-refractivity contribution in [2.75, 3.05) is 10.0 Å². The van der Waals surface area contributed by atoms with Crippen LogP contribution in [0.3, 0.4) is 0 Å². The van der Waals surface area contributed by atoms with Crippen molar-refractivity contribution in [3.63, 3.8) is 0 Å². The molecule has 6 nitrogen and oxygen atoms in total. The minimum Gasteiger partial charge on any atom is -0.325 e. The van der Waals surface area contributed by atoms with Crippen LogP contribution in [0, 0.1) is 0 Å². The van der Waals surface area contributed by atoms with Crippen LogP contribution in [0.5, 0.6) is 0 Å². The van der Waals surface area contributed by atoms with Crippen LogP contribution >= 0.6 is 23.4 Å². The Kier molecular flexibility index (Phi) is 4.71. The van der Waals surface area contributed by atoms with Gasteiger partial charge in [-0.05, 0) is 30.3 Å². The van der Waals surface area contributed by atoms with Crippen molar-refractivity contribution in [3.8, 4) is 0 Å². The molecule has 0 saturated carbocycles. The molecule has 0 bridgehead atoms. The molecule has 0 aliphatic carbocycles. The van der Waals surface area contributed by atoms with Gasteiger partial charge in [0.15, 0.2) is 0 Å². The zero-order valence-electron chi connectivity index (χ0n) is 12.6. The summed E-state index contributed by atoms with van der Waals surface area (Å²) in [4.78, 5) is 16.6. The molecule has 0 unspecified atom stereocenters. The van der Waals surface area contributed by atoms with Crippen LogP contribution in [0.2, 0.25) is 5.02 Å². The van der Waals surface area contributed by atoms with E-state index < -0.39 is 10.0 Å². The van der Waals surface area contributed by atoms with Crippen molar-refractivity contribution in [1.82, 2.24) is 4.98 Å². The number of aromatic nitrogens is 1. The second-order valence-electron chi connectivity index (χ2n) is 5.31. The molecule has 0 spiro atoms. The van der Waals surface area contributed by atoms with E-state index in [-0.39, 0.29) is 21.9 Å². The van der Waals surface area contributed by atoms with Gasteiger partial charge in [-0.3, -0.25) is 9.52 Å². The highest BCUT2D eigenvalue weighted by atomic mass is 35.5. The molecule has 1 atom stereocenters. The van der Waals surface area contributed by atoms with Gasteiger partial charge in [-0.2, -0.15) is 0 Å². The maximum absolute atomic E-state index is 12.5. The third kappa shape index (κ3) is 3.82. The van der Waals surface area contributed by atoms with Crippen molar-refractivity contribution in [2.24, 2.45) is 0 Å². The number of fused-ring (bicyclic) bond motifs is 1. The molecule has 2 N–H and O–H groups in total. The number of rotatable bonds is 3. The number of benzene rings is 1. The molecule has 3 rings (SSSR count).